The zero-order chi connectivity index (χ0) is 14.7. The Kier molecular flexibility index (Phi) is 9.09. The average molecular weight is 298 g/mol. The second kappa shape index (κ2) is 10.3. The molecule has 3 heteroatoms. The van der Waals surface area contributed by atoms with Gasteiger partial charge in [-0.2, -0.15) is 0 Å². The fraction of sp³-hybridized carbons (Fsp3) is 0.647. The van der Waals surface area contributed by atoms with E-state index in [4.69, 9.17) is 9.05 Å². The quantitative estimate of drug-likeness (QED) is 0.426. The number of rotatable bonds is 11. The van der Waals surface area contributed by atoms with Gasteiger partial charge in [-0.05, 0) is 0 Å². The van der Waals surface area contributed by atoms with E-state index in [1.165, 1.54) is 18.1 Å². The molecule has 0 N–H and O–H groups in total. The Labute approximate surface area is 125 Å². The van der Waals surface area contributed by atoms with Gasteiger partial charge in [0.1, 0.15) is 0 Å². The van der Waals surface area contributed by atoms with Crippen LogP contribution < -0.4 is 5.30 Å². The van der Waals surface area contributed by atoms with Crippen molar-refractivity contribution in [3.8, 4) is 0 Å². The Hall–Kier alpha value is -0.430. The second-order valence-corrected chi connectivity index (χ2v) is 8.43. The summed E-state index contributed by atoms with van der Waals surface area (Å²) < 4.78 is 12.7. The van der Waals surface area contributed by atoms with Gasteiger partial charge in [0.25, 0.3) is 0 Å². The first-order valence-corrected chi connectivity index (χ1v) is 10.1. The third-order valence-electron chi connectivity index (χ3n) is 3.46. The third-order valence-corrected chi connectivity index (χ3v) is 7.17. The van der Waals surface area contributed by atoms with Gasteiger partial charge in [0.15, 0.2) is 0 Å². The standard InChI is InChI=1S/C17H31O2P/c1-4-7-14-18-20(16-6-3,19-15-8-5-2)17-12-10-9-11-13-17/h9-13,20H,4-8,14-16H2,1-3H3. The van der Waals surface area contributed by atoms with Crippen LogP contribution in [0.5, 0.6) is 0 Å². The molecule has 20 heavy (non-hydrogen) atoms. The molecule has 0 aromatic heterocycles. The minimum atomic E-state index is -2.25. The molecular formula is C17H31O2P. The summed E-state index contributed by atoms with van der Waals surface area (Å²) in [7, 11) is -2.25. The molecule has 2 nitrogen and oxygen atoms in total. The summed E-state index contributed by atoms with van der Waals surface area (Å²) in [5.74, 6) is 0. The van der Waals surface area contributed by atoms with Gasteiger partial charge in [0.05, 0.1) is 0 Å². The number of benzene rings is 1. The molecule has 1 rings (SSSR count). The van der Waals surface area contributed by atoms with Gasteiger partial charge < -0.3 is 0 Å². The zero-order valence-corrected chi connectivity index (χ0v) is 14.4. The van der Waals surface area contributed by atoms with Crippen molar-refractivity contribution in [2.75, 3.05) is 19.4 Å². The molecule has 0 saturated carbocycles. The molecule has 0 saturated heterocycles. The van der Waals surface area contributed by atoms with Crippen molar-refractivity contribution in [2.45, 2.75) is 52.9 Å². The van der Waals surface area contributed by atoms with Crippen LogP contribution in [0.25, 0.3) is 0 Å². The van der Waals surface area contributed by atoms with Crippen molar-refractivity contribution in [3.63, 3.8) is 0 Å². The van der Waals surface area contributed by atoms with E-state index in [1.807, 2.05) is 0 Å². The first-order chi connectivity index (χ1) is 9.79. The zero-order valence-electron chi connectivity index (χ0n) is 13.4. The summed E-state index contributed by atoms with van der Waals surface area (Å²) in [4.78, 5) is 0. The summed E-state index contributed by atoms with van der Waals surface area (Å²) in [6.07, 6.45) is 6.72. The number of unbranched alkanes of at least 4 members (excludes halogenated alkanes) is 2. The molecule has 0 fully saturated rings. The number of hydrogen-bond donors (Lipinski definition) is 0. The van der Waals surface area contributed by atoms with Gasteiger partial charge in [0.2, 0.25) is 0 Å². The molecule has 0 atom stereocenters. The van der Waals surface area contributed by atoms with E-state index in [-0.39, 0.29) is 0 Å². The van der Waals surface area contributed by atoms with Crippen LogP contribution in [0.15, 0.2) is 30.3 Å². The predicted octanol–water partition coefficient (Wildman–Crippen LogP) is 4.94. The van der Waals surface area contributed by atoms with E-state index >= 15 is 0 Å². The summed E-state index contributed by atoms with van der Waals surface area (Å²) in [5.41, 5.74) is 0. The maximum absolute atomic E-state index is 6.36. The maximum atomic E-state index is 6.36. The van der Waals surface area contributed by atoms with Gasteiger partial charge in [-0.1, -0.05) is 0 Å². The van der Waals surface area contributed by atoms with E-state index in [0.717, 1.165) is 38.6 Å². The summed E-state index contributed by atoms with van der Waals surface area (Å²) >= 11 is 0. The van der Waals surface area contributed by atoms with Crippen LogP contribution in [-0.2, 0) is 9.05 Å². The molecule has 0 radical (unpaired) electrons. The van der Waals surface area contributed by atoms with Crippen LogP contribution in [0.2, 0.25) is 0 Å². The molecule has 1 aromatic carbocycles. The first-order valence-electron chi connectivity index (χ1n) is 8.12. The molecule has 1 aromatic rings. The predicted molar refractivity (Wildman–Crippen MR) is 91.3 cm³/mol. The van der Waals surface area contributed by atoms with E-state index in [9.17, 15) is 0 Å². The van der Waals surface area contributed by atoms with Gasteiger partial charge in [-0.15, -0.1) is 0 Å². The molecule has 0 unspecified atom stereocenters. The molecule has 0 aliphatic heterocycles. The van der Waals surface area contributed by atoms with Crippen molar-refractivity contribution < 1.29 is 9.05 Å². The van der Waals surface area contributed by atoms with Crippen molar-refractivity contribution >= 4 is 13.0 Å². The molecule has 116 valence electrons. The summed E-state index contributed by atoms with van der Waals surface area (Å²) in [5, 5.41) is 1.29. The van der Waals surface area contributed by atoms with Gasteiger partial charge >= 0.3 is 125 Å². The third kappa shape index (κ3) is 5.52. The van der Waals surface area contributed by atoms with E-state index in [1.54, 1.807) is 0 Å². The van der Waals surface area contributed by atoms with Crippen LogP contribution in [0, 0.1) is 0 Å². The van der Waals surface area contributed by atoms with E-state index in [0.29, 0.717) is 0 Å². The molecule has 0 amide bonds. The normalized spacial score (nSPS) is 12.6. The SMILES string of the molecule is CCCCO[PH](CCC)(OCCCC)c1ccccc1. The van der Waals surface area contributed by atoms with E-state index in [2.05, 4.69) is 51.1 Å². The molecule has 0 aliphatic rings. The van der Waals surface area contributed by atoms with Crippen LogP contribution in [0.3, 0.4) is 0 Å². The van der Waals surface area contributed by atoms with Crippen molar-refractivity contribution in [3.05, 3.63) is 30.3 Å². The monoisotopic (exact) mass is 298 g/mol. The van der Waals surface area contributed by atoms with Crippen LogP contribution in [0.1, 0.15) is 52.9 Å². The first kappa shape index (κ1) is 17.6. The Balaban J connectivity index is 2.86. The number of hydrogen-bond acceptors (Lipinski definition) is 2. The summed E-state index contributed by atoms with van der Waals surface area (Å²) in [6.45, 7) is 8.27. The summed E-state index contributed by atoms with van der Waals surface area (Å²) in [6, 6.07) is 10.6. The Morgan fingerprint density at radius 2 is 1.35 bits per heavy atom. The Morgan fingerprint density at radius 3 is 1.80 bits per heavy atom. The van der Waals surface area contributed by atoms with Crippen molar-refractivity contribution in [1.29, 1.82) is 0 Å². The topological polar surface area (TPSA) is 18.5 Å². The molecular weight excluding hydrogens is 267 g/mol. The van der Waals surface area contributed by atoms with Crippen LogP contribution >= 0.6 is 7.72 Å². The van der Waals surface area contributed by atoms with Gasteiger partial charge in [-0.3, -0.25) is 0 Å². The Bertz CT molecular complexity index is 330. The Morgan fingerprint density at radius 1 is 0.800 bits per heavy atom. The molecule has 0 heterocycles. The van der Waals surface area contributed by atoms with Crippen molar-refractivity contribution in [2.24, 2.45) is 0 Å². The van der Waals surface area contributed by atoms with Gasteiger partial charge in [0, 0.05) is 0 Å². The van der Waals surface area contributed by atoms with Crippen LogP contribution in [-0.4, -0.2) is 19.4 Å². The van der Waals surface area contributed by atoms with Crippen molar-refractivity contribution in [1.82, 2.24) is 0 Å². The fourth-order valence-corrected chi connectivity index (χ4v) is 5.58. The van der Waals surface area contributed by atoms with E-state index < -0.39 is 7.72 Å². The second-order valence-electron chi connectivity index (χ2n) is 5.27. The van der Waals surface area contributed by atoms with Crippen LogP contribution in [0.4, 0.5) is 0 Å². The fourth-order valence-electron chi connectivity index (χ4n) is 2.28. The molecule has 0 aliphatic carbocycles. The minimum absolute atomic E-state index is 0.823. The molecule has 0 spiro atoms. The van der Waals surface area contributed by atoms with Gasteiger partial charge in [-0.25, -0.2) is 0 Å². The molecule has 0 bridgehead atoms. The average Bonchev–Trinajstić information content (AvgIpc) is 2.48.